The first-order valence-electron chi connectivity index (χ1n) is 4.77. The van der Waals surface area contributed by atoms with E-state index < -0.39 is 0 Å². The Kier molecular flexibility index (Phi) is 9.57. The molecule has 1 N–H and O–H groups in total. The summed E-state index contributed by atoms with van der Waals surface area (Å²) in [6.07, 6.45) is 2.16. The molecule has 0 amide bonds. The Balaban J connectivity index is 3.26. The number of hydrogen-bond acceptors (Lipinski definition) is 3. The van der Waals surface area contributed by atoms with Crippen LogP contribution in [0.1, 0.15) is 13.8 Å². The predicted octanol–water partition coefficient (Wildman–Crippen LogP) is 1.28. The Morgan fingerprint density at radius 1 is 1.25 bits per heavy atom. The Bertz CT molecular complexity index is 88.6. The van der Waals surface area contributed by atoms with Gasteiger partial charge in [0.25, 0.3) is 0 Å². The van der Waals surface area contributed by atoms with Gasteiger partial charge in [-0.05, 0) is 19.3 Å². The zero-order valence-electron chi connectivity index (χ0n) is 8.60. The standard InChI is InChI=1S/C9H22N2S/c1-4-10-6-7-11(5-2)8-9-12-3/h10H,4-9H2,1-3H3. The molecule has 0 aliphatic heterocycles. The summed E-state index contributed by atoms with van der Waals surface area (Å²) in [7, 11) is 0. The molecule has 0 rings (SSSR count). The molecular weight excluding hydrogens is 168 g/mol. The van der Waals surface area contributed by atoms with E-state index in [0.717, 1.165) is 13.1 Å². The van der Waals surface area contributed by atoms with Gasteiger partial charge in [-0.3, -0.25) is 0 Å². The van der Waals surface area contributed by atoms with Gasteiger partial charge in [-0.1, -0.05) is 13.8 Å². The summed E-state index contributed by atoms with van der Waals surface area (Å²) in [6, 6.07) is 0. The fourth-order valence-corrected chi connectivity index (χ4v) is 1.50. The molecule has 0 saturated carbocycles. The van der Waals surface area contributed by atoms with E-state index >= 15 is 0 Å². The van der Waals surface area contributed by atoms with Gasteiger partial charge in [0.15, 0.2) is 0 Å². The van der Waals surface area contributed by atoms with Crippen molar-refractivity contribution < 1.29 is 0 Å². The molecule has 0 bridgehead atoms. The molecule has 0 aromatic rings. The molecule has 74 valence electrons. The van der Waals surface area contributed by atoms with E-state index in [-0.39, 0.29) is 0 Å². The van der Waals surface area contributed by atoms with Crippen molar-refractivity contribution in [3.8, 4) is 0 Å². The molecule has 12 heavy (non-hydrogen) atoms. The second kappa shape index (κ2) is 9.36. The van der Waals surface area contributed by atoms with E-state index in [4.69, 9.17) is 0 Å². The molecule has 0 atom stereocenters. The van der Waals surface area contributed by atoms with Crippen LogP contribution in [0, 0.1) is 0 Å². The topological polar surface area (TPSA) is 15.3 Å². The van der Waals surface area contributed by atoms with Gasteiger partial charge in [-0.25, -0.2) is 0 Å². The normalized spacial score (nSPS) is 11.0. The second-order valence-electron chi connectivity index (χ2n) is 2.78. The molecule has 0 unspecified atom stereocenters. The summed E-state index contributed by atoms with van der Waals surface area (Å²) in [6.45, 7) is 10.2. The van der Waals surface area contributed by atoms with Crippen LogP contribution in [0.5, 0.6) is 0 Å². The quantitative estimate of drug-likeness (QED) is 0.581. The fraction of sp³-hybridized carbons (Fsp3) is 1.00. The molecule has 0 spiro atoms. The van der Waals surface area contributed by atoms with Crippen molar-refractivity contribution in [3.63, 3.8) is 0 Å². The summed E-state index contributed by atoms with van der Waals surface area (Å²) in [5.41, 5.74) is 0. The highest BCUT2D eigenvalue weighted by Gasteiger charge is 1.99. The maximum atomic E-state index is 3.34. The summed E-state index contributed by atoms with van der Waals surface area (Å²) < 4.78 is 0. The first kappa shape index (κ1) is 12.3. The second-order valence-corrected chi connectivity index (χ2v) is 3.77. The highest BCUT2D eigenvalue weighted by molar-refractivity contribution is 7.98. The van der Waals surface area contributed by atoms with E-state index in [1.54, 1.807) is 0 Å². The van der Waals surface area contributed by atoms with Crippen molar-refractivity contribution in [3.05, 3.63) is 0 Å². The molecule has 0 saturated heterocycles. The molecule has 0 aliphatic carbocycles. The highest BCUT2D eigenvalue weighted by atomic mass is 32.2. The van der Waals surface area contributed by atoms with E-state index in [1.165, 1.54) is 25.4 Å². The molecule has 0 heterocycles. The first-order chi connectivity index (χ1) is 5.85. The zero-order valence-corrected chi connectivity index (χ0v) is 9.41. The molecule has 0 radical (unpaired) electrons. The van der Waals surface area contributed by atoms with Crippen molar-refractivity contribution >= 4 is 11.8 Å². The molecule has 3 heteroatoms. The molecule has 0 aliphatic rings. The van der Waals surface area contributed by atoms with Crippen LogP contribution >= 0.6 is 11.8 Å². The van der Waals surface area contributed by atoms with Crippen LogP contribution < -0.4 is 5.32 Å². The maximum Gasteiger partial charge on any atom is 0.0107 e. The molecule has 2 nitrogen and oxygen atoms in total. The van der Waals surface area contributed by atoms with Gasteiger partial charge in [-0.15, -0.1) is 0 Å². The maximum absolute atomic E-state index is 3.34. The van der Waals surface area contributed by atoms with E-state index in [2.05, 4.69) is 30.3 Å². The SMILES string of the molecule is CCNCCN(CC)CCSC. The van der Waals surface area contributed by atoms with Gasteiger partial charge in [0.1, 0.15) is 0 Å². The lowest BCUT2D eigenvalue weighted by Gasteiger charge is -2.19. The lowest BCUT2D eigenvalue weighted by Crippen LogP contribution is -2.33. The van der Waals surface area contributed by atoms with Gasteiger partial charge in [0.2, 0.25) is 0 Å². The van der Waals surface area contributed by atoms with Crippen LogP contribution in [0.4, 0.5) is 0 Å². The number of hydrogen-bond donors (Lipinski definition) is 1. The number of rotatable bonds is 8. The van der Waals surface area contributed by atoms with Crippen LogP contribution in [-0.4, -0.2) is 49.6 Å². The van der Waals surface area contributed by atoms with Gasteiger partial charge < -0.3 is 10.2 Å². The summed E-state index contributed by atoms with van der Waals surface area (Å²) in [5.74, 6) is 1.25. The Hall–Kier alpha value is 0.270. The van der Waals surface area contributed by atoms with Crippen LogP contribution in [-0.2, 0) is 0 Å². The number of likely N-dealkylation sites (N-methyl/N-ethyl adjacent to an activating group) is 2. The van der Waals surface area contributed by atoms with Crippen LogP contribution in [0.15, 0.2) is 0 Å². The minimum Gasteiger partial charge on any atom is -0.316 e. The molecule has 0 aromatic carbocycles. The van der Waals surface area contributed by atoms with Crippen molar-refractivity contribution in [1.29, 1.82) is 0 Å². The van der Waals surface area contributed by atoms with Crippen molar-refractivity contribution in [2.45, 2.75) is 13.8 Å². The third-order valence-corrected chi connectivity index (χ3v) is 2.50. The van der Waals surface area contributed by atoms with E-state index in [0.29, 0.717) is 0 Å². The summed E-state index contributed by atoms with van der Waals surface area (Å²) >= 11 is 1.92. The largest absolute Gasteiger partial charge is 0.316 e. The molecule has 0 fully saturated rings. The lowest BCUT2D eigenvalue weighted by atomic mass is 10.4. The zero-order chi connectivity index (χ0) is 9.23. The van der Waals surface area contributed by atoms with Crippen LogP contribution in [0.3, 0.4) is 0 Å². The third kappa shape index (κ3) is 6.95. The number of nitrogens with zero attached hydrogens (tertiary/aromatic N) is 1. The first-order valence-corrected chi connectivity index (χ1v) is 6.16. The average Bonchev–Trinajstić information content (AvgIpc) is 2.11. The fourth-order valence-electron chi connectivity index (χ4n) is 1.06. The smallest absolute Gasteiger partial charge is 0.0107 e. The van der Waals surface area contributed by atoms with Crippen LogP contribution in [0.25, 0.3) is 0 Å². The molecule has 0 aromatic heterocycles. The van der Waals surface area contributed by atoms with Gasteiger partial charge >= 0.3 is 0 Å². The highest BCUT2D eigenvalue weighted by Crippen LogP contribution is 1.94. The van der Waals surface area contributed by atoms with Crippen molar-refractivity contribution in [1.82, 2.24) is 10.2 Å². The Labute approximate surface area is 81.1 Å². The van der Waals surface area contributed by atoms with Gasteiger partial charge in [-0.2, -0.15) is 11.8 Å². The third-order valence-electron chi connectivity index (χ3n) is 1.91. The molecular formula is C9H22N2S. The van der Waals surface area contributed by atoms with E-state index in [1.807, 2.05) is 11.8 Å². The number of thioether (sulfide) groups is 1. The number of nitrogens with one attached hydrogen (secondary N) is 1. The van der Waals surface area contributed by atoms with Crippen molar-refractivity contribution in [2.75, 3.05) is 44.7 Å². The Morgan fingerprint density at radius 3 is 2.50 bits per heavy atom. The summed E-state index contributed by atoms with van der Waals surface area (Å²) in [5, 5.41) is 3.34. The average molecular weight is 190 g/mol. The van der Waals surface area contributed by atoms with E-state index in [9.17, 15) is 0 Å². The van der Waals surface area contributed by atoms with Gasteiger partial charge in [0, 0.05) is 25.4 Å². The summed E-state index contributed by atoms with van der Waals surface area (Å²) in [4.78, 5) is 2.49. The van der Waals surface area contributed by atoms with Crippen LogP contribution in [0.2, 0.25) is 0 Å². The minimum atomic E-state index is 1.08. The van der Waals surface area contributed by atoms with Crippen molar-refractivity contribution in [2.24, 2.45) is 0 Å². The predicted molar refractivity (Wildman–Crippen MR) is 59.0 cm³/mol. The lowest BCUT2D eigenvalue weighted by molar-refractivity contribution is 0.306. The van der Waals surface area contributed by atoms with Gasteiger partial charge in [0.05, 0.1) is 0 Å². The minimum absolute atomic E-state index is 1.08. The monoisotopic (exact) mass is 190 g/mol. The Morgan fingerprint density at radius 2 is 2.00 bits per heavy atom.